The largest absolute Gasteiger partial charge is 0.444 e. The van der Waals surface area contributed by atoms with E-state index in [1.807, 2.05) is 26.8 Å². The first-order chi connectivity index (χ1) is 10.8. The zero-order valence-electron chi connectivity index (χ0n) is 14.0. The number of ketones is 1. The maximum atomic E-state index is 12.3. The fourth-order valence-corrected chi connectivity index (χ4v) is 2.64. The molecule has 2 heterocycles. The van der Waals surface area contributed by atoms with Crippen LogP contribution in [0.5, 0.6) is 0 Å². The summed E-state index contributed by atoms with van der Waals surface area (Å²) in [7, 11) is 0. The van der Waals surface area contributed by atoms with E-state index in [-0.39, 0.29) is 11.8 Å². The quantitative estimate of drug-likeness (QED) is 0.843. The molecular weight excluding hydrogens is 294 g/mol. The van der Waals surface area contributed by atoms with Gasteiger partial charge in [0.05, 0.1) is 6.54 Å². The zero-order valence-corrected chi connectivity index (χ0v) is 14.0. The Labute approximate surface area is 137 Å². The number of carbonyl (C=O) groups excluding carboxylic acids is 2. The topological polar surface area (TPSA) is 71.5 Å². The summed E-state index contributed by atoms with van der Waals surface area (Å²) in [6.07, 6.45) is 3.20. The standard InChI is InChI=1S/C17H25N3O3/c1-17(2,3)23-16(22)19-11-13-7-6-10-20(13)12-15(21)14-8-4-5-9-18-14/h4-5,8-9,13H,6-7,10-12H2,1-3H3,(H,19,22). The van der Waals surface area contributed by atoms with Crippen LogP contribution in [0.2, 0.25) is 0 Å². The molecule has 1 saturated heterocycles. The summed E-state index contributed by atoms with van der Waals surface area (Å²) in [6.45, 7) is 7.18. The predicted molar refractivity (Wildman–Crippen MR) is 87.4 cm³/mol. The molecule has 1 unspecified atom stereocenters. The molecule has 23 heavy (non-hydrogen) atoms. The number of ether oxygens (including phenoxy) is 1. The number of hydrogen-bond acceptors (Lipinski definition) is 5. The molecule has 6 nitrogen and oxygen atoms in total. The van der Waals surface area contributed by atoms with E-state index in [2.05, 4.69) is 15.2 Å². The first-order valence-electron chi connectivity index (χ1n) is 8.00. The summed E-state index contributed by atoms with van der Waals surface area (Å²) < 4.78 is 5.24. The third-order valence-electron chi connectivity index (χ3n) is 3.68. The highest BCUT2D eigenvalue weighted by Crippen LogP contribution is 2.17. The van der Waals surface area contributed by atoms with Gasteiger partial charge in [0.1, 0.15) is 11.3 Å². The molecule has 1 amide bonds. The van der Waals surface area contributed by atoms with Gasteiger partial charge in [-0.2, -0.15) is 0 Å². The first kappa shape index (κ1) is 17.4. The van der Waals surface area contributed by atoms with Crippen molar-refractivity contribution in [3.8, 4) is 0 Å². The van der Waals surface area contributed by atoms with E-state index in [1.165, 1.54) is 0 Å². The molecule has 126 valence electrons. The Kier molecular flexibility index (Phi) is 5.71. The first-order valence-corrected chi connectivity index (χ1v) is 8.00. The van der Waals surface area contributed by atoms with Crippen LogP contribution in [-0.2, 0) is 4.74 Å². The minimum atomic E-state index is -0.506. The second-order valence-corrected chi connectivity index (χ2v) is 6.79. The number of carbonyl (C=O) groups is 2. The van der Waals surface area contributed by atoms with Crippen molar-refractivity contribution in [1.82, 2.24) is 15.2 Å². The molecular formula is C17H25N3O3. The van der Waals surface area contributed by atoms with E-state index >= 15 is 0 Å². The Morgan fingerprint density at radius 2 is 2.17 bits per heavy atom. The third-order valence-corrected chi connectivity index (χ3v) is 3.68. The molecule has 0 aromatic carbocycles. The molecule has 1 aliphatic heterocycles. The normalized spacial score (nSPS) is 18.7. The minimum absolute atomic E-state index is 0.00904. The van der Waals surface area contributed by atoms with Gasteiger partial charge in [-0.15, -0.1) is 0 Å². The Hall–Kier alpha value is -1.95. The van der Waals surface area contributed by atoms with E-state index in [0.717, 1.165) is 19.4 Å². The molecule has 2 rings (SSSR count). The molecule has 0 saturated carbocycles. The summed E-state index contributed by atoms with van der Waals surface area (Å²) in [5.41, 5.74) is -0.0211. The molecule has 6 heteroatoms. The van der Waals surface area contributed by atoms with Crippen LogP contribution in [0.15, 0.2) is 24.4 Å². The predicted octanol–water partition coefficient (Wildman–Crippen LogP) is 2.25. The van der Waals surface area contributed by atoms with Crippen LogP contribution in [0.1, 0.15) is 44.1 Å². The summed E-state index contributed by atoms with van der Waals surface area (Å²) in [5, 5.41) is 2.79. The summed E-state index contributed by atoms with van der Waals surface area (Å²) >= 11 is 0. The molecule has 1 atom stereocenters. The number of pyridine rings is 1. The maximum Gasteiger partial charge on any atom is 0.407 e. The van der Waals surface area contributed by atoms with Crippen LogP contribution < -0.4 is 5.32 Å². The van der Waals surface area contributed by atoms with Gasteiger partial charge in [-0.05, 0) is 52.3 Å². The monoisotopic (exact) mass is 319 g/mol. The lowest BCUT2D eigenvalue weighted by Gasteiger charge is -2.25. The molecule has 0 spiro atoms. The van der Waals surface area contributed by atoms with Crippen molar-refractivity contribution in [3.05, 3.63) is 30.1 Å². The van der Waals surface area contributed by atoms with E-state index in [0.29, 0.717) is 18.8 Å². The Morgan fingerprint density at radius 1 is 1.39 bits per heavy atom. The van der Waals surface area contributed by atoms with Gasteiger partial charge < -0.3 is 10.1 Å². The summed E-state index contributed by atoms with van der Waals surface area (Å²) in [6, 6.07) is 5.49. The van der Waals surface area contributed by atoms with E-state index in [4.69, 9.17) is 4.74 Å². The number of nitrogens with one attached hydrogen (secondary N) is 1. The van der Waals surface area contributed by atoms with Gasteiger partial charge >= 0.3 is 6.09 Å². The van der Waals surface area contributed by atoms with Gasteiger partial charge in [-0.25, -0.2) is 4.79 Å². The van der Waals surface area contributed by atoms with Crippen molar-refractivity contribution >= 4 is 11.9 Å². The van der Waals surface area contributed by atoms with Gasteiger partial charge in [-0.3, -0.25) is 14.7 Å². The van der Waals surface area contributed by atoms with Gasteiger partial charge in [0.15, 0.2) is 5.78 Å². The molecule has 0 radical (unpaired) electrons. The molecule has 1 aromatic heterocycles. The van der Waals surface area contributed by atoms with E-state index in [1.54, 1.807) is 18.3 Å². The van der Waals surface area contributed by atoms with Crippen LogP contribution in [0.4, 0.5) is 4.79 Å². The summed E-state index contributed by atoms with van der Waals surface area (Å²) in [4.78, 5) is 30.2. The van der Waals surface area contributed by atoms with Gasteiger partial charge in [0, 0.05) is 18.8 Å². The summed E-state index contributed by atoms with van der Waals surface area (Å²) in [5.74, 6) is 0.00904. The molecule has 0 bridgehead atoms. The lowest BCUT2D eigenvalue weighted by atomic mass is 10.2. The fourth-order valence-electron chi connectivity index (χ4n) is 2.64. The van der Waals surface area contributed by atoms with Crippen LogP contribution in [0, 0.1) is 0 Å². The Morgan fingerprint density at radius 3 is 2.83 bits per heavy atom. The van der Waals surface area contributed by atoms with Crippen molar-refractivity contribution in [3.63, 3.8) is 0 Å². The van der Waals surface area contributed by atoms with Crippen molar-refractivity contribution < 1.29 is 14.3 Å². The number of rotatable bonds is 5. The Bertz CT molecular complexity index is 540. The SMILES string of the molecule is CC(C)(C)OC(=O)NCC1CCCN1CC(=O)c1ccccn1. The zero-order chi connectivity index (χ0) is 16.9. The number of Topliss-reactive ketones (excluding diaryl/α,β-unsaturated/α-hetero) is 1. The van der Waals surface area contributed by atoms with Crippen LogP contribution >= 0.6 is 0 Å². The van der Waals surface area contributed by atoms with Crippen LogP contribution in [0.25, 0.3) is 0 Å². The van der Waals surface area contributed by atoms with Crippen molar-refractivity contribution in [1.29, 1.82) is 0 Å². The number of aromatic nitrogens is 1. The number of nitrogens with zero attached hydrogens (tertiary/aromatic N) is 2. The fraction of sp³-hybridized carbons (Fsp3) is 0.588. The molecule has 1 N–H and O–H groups in total. The van der Waals surface area contributed by atoms with Crippen molar-refractivity contribution in [2.75, 3.05) is 19.6 Å². The maximum absolute atomic E-state index is 12.3. The molecule has 1 aliphatic rings. The number of likely N-dealkylation sites (tertiary alicyclic amines) is 1. The van der Waals surface area contributed by atoms with Crippen LogP contribution in [-0.4, -0.2) is 53.0 Å². The lowest BCUT2D eigenvalue weighted by Crippen LogP contribution is -2.43. The van der Waals surface area contributed by atoms with E-state index in [9.17, 15) is 9.59 Å². The van der Waals surface area contributed by atoms with Crippen molar-refractivity contribution in [2.45, 2.75) is 45.3 Å². The highest BCUT2D eigenvalue weighted by atomic mass is 16.6. The van der Waals surface area contributed by atoms with E-state index < -0.39 is 11.7 Å². The van der Waals surface area contributed by atoms with Gasteiger partial charge in [0.25, 0.3) is 0 Å². The second kappa shape index (κ2) is 7.55. The number of alkyl carbamates (subject to hydrolysis) is 1. The molecule has 1 aromatic rings. The molecule has 1 fully saturated rings. The average molecular weight is 319 g/mol. The third kappa shape index (κ3) is 5.63. The number of hydrogen-bond donors (Lipinski definition) is 1. The highest BCUT2D eigenvalue weighted by Gasteiger charge is 2.27. The smallest absolute Gasteiger partial charge is 0.407 e. The number of amides is 1. The lowest BCUT2D eigenvalue weighted by molar-refractivity contribution is 0.0514. The van der Waals surface area contributed by atoms with Gasteiger partial charge in [-0.1, -0.05) is 6.07 Å². The highest BCUT2D eigenvalue weighted by molar-refractivity contribution is 5.95. The molecule has 0 aliphatic carbocycles. The van der Waals surface area contributed by atoms with Crippen molar-refractivity contribution in [2.24, 2.45) is 0 Å². The second-order valence-electron chi connectivity index (χ2n) is 6.79. The average Bonchev–Trinajstić information content (AvgIpc) is 2.91. The van der Waals surface area contributed by atoms with Crippen LogP contribution in [0.3, 0.4) is 0 Å². The Balaban J connectivity index is 1.83. The minimum Gasteiger partial charge on any atom is -0.444 e. The van der Waals surface area contributed by atoms with Gasteiger partial charge in [0.2, 0.25) is 0 Å².